The molecule has 4 aromatic rings. The van der Waals surface area contributed by atoms with Crippen LogP contribution in [-0.4, -0.2) is 27.8 Å². The highest BCUT2D eigenvalue weighted by atomic mass is 16.5. The van der Waals surface area contributed by atoms with Crippen LogP contribution in [0.2, 0.25) is 0 Å². The maximum Gasteiger partial charge on any atom is 0.261 e. The number of ether oxygens (including phenoxy) is 1. The van der Waals surface area contributed by atoms with E-state index in [1.54, 1.807) is 12.0 Å². The Hall–Kier alpha value is -3.93. The first-order chi connectivity index (χ1) is 15.7. The number of carbonyl (C=O) groups is 1. The third-order valence-electron chi connectivity index (χ3n) is 5.99. The summed E-state index contributed by atoms with van der Waals surface area (Å²) in [6, 6.07) is 25.4. The van der Waals surface area contributed by atoms with Gasteiger partial charge in [-0.2, -0.15) is 10.1 Å². The Morgan fingerprint density at radius 3 is 2.53 bits per heavy atom. The Labute approximate surface area is 187 Å². The number of rotatable bonds is 4. The molecule has 3 aromatic carbocycles. The summed E-state index contributed by atoms with van der Waals surface area (Å²) in [7, 11) is 1.67. The standard InChI is InChI=1S/C26H24N4O2/c1-18-9-8-12-20(15-18)25(31)29-22(19-10-4-3-5-11-19)16-23(30-26(29)27-17-28-30)21-13-6-7-14-24(21)32-2/h3-15,17,22-23H,16H2,1-2H3/t22-,23+/m0/s1. The highest BCUT2D eigenvalue weighted by Gasteiger charge is 2.40. The van der Waals surface area contributed by atoms with Crippen molar-refractivity contribution >= 4 is 11.9 Å². The lowest BCUT2D eigenvalue weighted by molar-refractivity contribution is 0.0963. The van der Waals surface area contributed by atoms with Gasteiger partial charge in [-0.3, -0.25) is 9.69 Å². The van der Waals surface area contributed by atoms with Crippen LogP contribution < -0.4 is 9.64 Å². The van der Waals surface area contributed by atoms with Crippen LogP contribution in [0, 0.1) is 6.92 Å². The fourth-order valence-electron chi connectivity index (χ4n) is 4.50. The van der Waals surface area contributed by atoms with E-state index >= 15 is 0 Å². The maximum absolute atomic E-state index is 13.8. The summed E-state index contributed by atoms with van der Waals surface area (Å²) in [6.45, 7) is 1.99. The zero-order valence-corrected chi connectivity index (χ0v) is 18.1. The van der Waals surface area contributed by atoms with Crippen molar-refractivity contribution in [2.45, 2.75) is 25.4 Å². The zero-order valence-electron chi connectivity index (χ0n) is 18.1. The Morgan fingerprint density at radius 1 is 0.969 bits per heavy atom. The van der Waals surface area contributed by atoms with Crippen LogP contribution in [0.1, 0.15) is 45.6 Å². The summed E-state index contributed by atoms with van der Waals surface area (Å²) in [5.74, 6) is 1.24. The van der Waals surface area contributed by atoms with Gasteiger partial charge in [-0.05, 0) is 37.1 Å². The van der Waals surface area contributed by atoms with Crippen LogP contribution in [0.25, 0.3) is 0 Å². The number of methoxy groups -OCH3 is 1. The maximum atomic E-state index is 13.8. The Kier molecular flexibility index (Phi) is 5.19. The monoisotopic (exact) mass is 424 g/mol. The molecule has 5 rings (SSSR count). The molecule has 1 amide bonds. The van der Waals surface area contributed by atoms with Gasteiger partial charge >= 0.3 is 0 Å². The predicted octanol–water partition coefficient (Wildman–Crippen LogP) is 4.98. The van der Waals surface area contributed by atoms with Gasteiger partial charge in [0.2, 0.25) is 5.95 Å². The fourth-order valence-corrected chi connectivity index (χ4v) is 4.50. The summed E-state index contributed by atoms with van der Waals surface area (Å²) < 4.78 is 7.48. The van der Waals surface area contributed by atoms with E-state index < -0.39 is 0 Å². The van der Waals surface area contributed by atoms with E-state index in [4.69, 9.17) is 4.74 Å². The van der Waals surface area contributed by atoms with E-state index in [9.17, 15) is 4.79 Å². The molecule has 2 heterocycles. The van der Waals surface area contributed by atoms with Gasteiger partial charge in [-0.1, -0.05) is 66.2 Å². The lowest BCUT2D eigenvalue weighted by Crippen LogP contribution is -2.42. The van der Waals surface area contributed by atoms with Crippen LogP contribution in [0.3, 0.4) is 0 Å². The molecular formula is C26H24N4O2. The molecule has 6 nitrogen and oxygen atoms in total. The van der Waals surface area contributed by atoms with Crippen molar-refractivity contribution in [1.29, 1.82) is 0 Å². The summed E-state index contributed by atoms with van der Waals surface area (Å²) in [4.78, 5) is 20.1. The SMILES string of the molecule is COc1ccccc1[C@H]1C[C@@H](c2ccccc2)N(C(=O)c2cccc(C)c2)c2ncnn21. The minimum atomic E-state index is -0.198. The average Bonchev–Trinajstić information content (AvgIpc) is 3.33. The molecule has 1 aromatic heterocycles. The Bertz CT molecular complexity index is 1250. The smallest absolute Gasteiger partial charge is 0.261 e. The number of amides is 1. The molecule has 0 aliphatic carbocycles. The van der Waals surface area contributed by atoms with E-state index in [0.29, 0.717) is 17.9 Å². The van der Waals surface area contributed by atoms with E-state index in [2.05, 4.69) is 28.3 Å². The van der Waals surface area contributed by atoms with Crippen LogP contribution in [0.4, 0.5) is 5.95 Å². The van der Waals surface area contributed by atoms with E-state index in [0.717, 1.165) is 22.4 Å². The summed E-state index contributed by atoms with van der Waals surface area (Å²) in [5.41, 5.74) is 3.75. The number of anilines is 1. The number of carbonyl (C=O) groups excluding carboxylic acids is 1. The molecule has 0 fully saturated rings. The van der Waals surface area contributed by atoms with E-state index in [-0.39, 0.29) is 18.0 Å². The van der Waals surface area contributed by atoms with Gasteiger partial charge in [0.1, 0.15) is 12.1 Å². The third-order valence-corrected chi connectivity index (χ3v) is 5.99. The topological polar surface area (TPSA) is 60.2 Å². The average molecular weight is 425 g/mol. The van der Waals surface area contributed by atoms with E-state index in [1.165, 1.54) is 6.33 Å². The molecule has 1 aliphatic rings. The molecular weight excluding hydrogens is 400 g/mol. The molecule has 0 saturated heterocycles. The first-order valence-corrected chi connectivity index (χ1v) is 10.6. The Morgan fingerprint density at radius 2 is 1.75 bits per heavy atom. The van der Waals surface area contributed by atoms with Gasteiger partial charge in [-0.15, -0.1) is 0 Å². The van der Waals surface area contributed by atoms with E-state index in [1.807, 2.05) is 72.3 Å². The molecule has 32 heavy (non-hydrogen) atoms. The molecule has 0 saturated carbocycles. The molecule has 1 aliphatic heterocycles. The second kappa shape index (κ2) is 8.30. The van der Waals surface area contributed by atoms with Crippen molar-refractivity contribution in [2.24, 2.45) is 0 Å². The number of aryl methyl sites for hydroxylation is 1. The normalized spacial score (nSPS) is 17.6. The van der Waals surface area contributed by atoms with Gasteiger partial charge in [-0.25, -0.2) is 4.68 Å². The van der Waals surface area contributed by atoms with Crippen LogP contribution >= 0.6 is 0 Å². The van der Waals surface area contributed by atoms with Gasteiger partial charge in [0, 0.05) is 11.1 Å². The predicted molar refractivity (Wildman–Crippen MR) is 123 cm³/mol. The van der Waals surface area contributed by atoms with Crippen molar-refractivity contribution in [1.82, 2.24) is 14.8 Å². The molecule has 0 N–H and O–H groups in total. The molecule has 0 unspecified atom stereocenters. The number of benzene rings is 3. The molecule has 0 spiro atoms. The second-order valence-electron chi connectivity index (χ2n) is 7.97. The third kappa shape index (κ3) is 3.43. The van der Waals surface area contributed by atoms with Crippen LogP contribution in [0.5, 0.6) is 5.75 Å². The second-order valence-corrected chi connectivity index (χ2v) is 7.97. The van der Waals surface area contributed by atoms with Gasteiger partial charge in [0.25, 0.3) is 5.91 Å². The number of aromatic nitrogens is 3. The molecule has 160 valence electrons. The zero-order chi connectivity index (χ0) is 22.1. The quantitative estimate of drug-likeness (QED) is 0.464. The largest absolute Gasteiger partial charge is 0.496 e. The lowest BCUT2D eigenvalue weighted by atomic mass is 9.91. The molecule has 6 heteroatoms. The van der Waals surface area contributed by atoms with Gasteiger partial charge in [0.05, 0.1) is 19.2 Å². The number of hydrogen-bond donors (Lipinski definition) is 0. The highest BCUT2D eigenvalue weighted by Crippen LogP contribution is 2.44. The van der Waals surface area contributed by atoms with Crippen molar-refractivity contribution in [3.8, 4) is 5.75 Å². The first-order valence-electron chi connectivity index (χ1n) is 10.6. The van der Waals surface area contributed by atoms with Crippen molar-refractivity contribution in [2.75, 3.05) is 12.0 Å². The minimum Gasteiger partial charge on any atom is -0.496 e. The highest BCUT2D eigenvalue weighted by molar-refractivity contribution is 6.06. The van der Waals surface area contributed by atoms with Crippen molar-refractivity contribution < 1.29 is 9.53 Å². The molecule has 0 radical (unpaired) electrons. The minimum absolute atomic E-state index is 0.0877. The number of hydrogen-bond acceptors (Lipinski definition) is 4. The lowest BCUT2D eigenvalue weighted by Gasteiger charge is -2.39. The first kappa shape index (κ1) is 20.0. The summed E-state index contributed by atoms with van der Waals surface area (Å²) >= 11 is 0. The van der Waals surface area contributed by atoms with Crippen LogP contribution in [-0.2, 0) is 0 Å². The number of nitrogens with zero attached hydrogens (tertiary/aromatic N) is 4. The fraction of sp³-hybridized carbons (Fsp3) is 0.192. The number of para-hydroxylation sites is 1. The molecule has 0 bridgehead atoms. The summed E-state index contributed by atoms with van der Waals surface area (Å²) in [6.07, 6.45) is 2.17. The molecule has 2 atom stereocenters. The van der Waals surface area contributed by atoms with Crippen molar-refractivity contribution in [3.63, 3.8) is 0 Å². The summed E-state index contributed by atoms with van der Waals surface area (Å²) in [5, 5.41) is 4.52. The van der Waals surface area contributed by atoms with Crippen molar-refractivity contribution in [3.05, 3.63) is 107 Å². The van der Waals surface area contributed by atoms with Crippen LogP contribution in [0.15, 0.2) is 85.2 Å². The van der Waals surface area contributed by atoms with Gasteiger partial charge in [0.15, 0.2) is 0 Å². The van der Waals surface area contributed by atoms with Gasteiger partial charge < -0.3 is 4.74 Å². The Balaban J connectivity index is 1.67. The number of fused-ring (bicyclic) bond motifs is 1.